The van der Waals surface area contributed by atoms with E-state index in [1.807, 2.05) is 6.92 Å². The summed E-state index contributed by atoms with van der Waals surface area (Å²) in [6.45, 7) is 1.19. The lowest BCUT2D eigenvalue weighted by Gasteiger charge is -2.41. The SMILES string of the molecule is CC1CCC(Cc2cccc(C(F)(F)C(F)(F)F)c2)(NCC(O)C(F)(F)F)CC1. The van der Waals surface area contributed by atoms with Crippen molar-refractivity contribution >= 4 is 0 Å². The van der Waals surface area contributed by atoms with Gasteiger partial charge in [-0.05, 0) is 49.7 Å². The van der Waals surface area contributed by atoms with Gasteiger partial charge in [-0.1, -0.05) is 25.1 Å². The number of aliphatic hydroxyl groups is 1. The fourth-order valence-corrected chi connectivity index (χ4v) is 3.59. The highest BCUT2D eigenvalue weighted by Gasteiger charge is 2.58. The molecular weight excluding hydrogens is 410 g/mol. The van der Waals surface area contributed by atoms with Gasteiger partial charge in [0.2, 0.25) is 0 Å². The van der Waals surface area contributed by atoms with Crippen molar-refractivity contribution in [2.24, 2.45) is 5.92 Å². The van der Waals surface area contributed by atoms with Crippen molar-refractivity contribution in [3.05, 3.63) is 35.4 Å². The molecular formula is C19H23F8NO. The van der Waals surface area contributed by atoms with E-state index in [0.717, 1.165) is 12.1 Å². The second kappa shape index (κ2) is 8.37. The van der Waals surface area contributed by atoms with Crippen LogP contribution in [-0.2, 0) is 12.3 Å². The van der Waals surface area contributed by atoms with Gasteiger partial charge in [0.1, 0.15) is 0 Å². The maximum Gasteiger partial charge on any atom is 0.458 e. The van der Waals surface area contributed by atoms with Gasteiger partial charge in [-0.15, -0.1) is 0 Å². The summed E-state index contributed by atoms with van der Waals surface area (Å²) >= 11 is 0. The highest BCUT2D eigenvalue weighted by molar-refractivity contribution is 5.29. The summed E-state index contributed by atoms with van der Waals surface area (Å²) in [5, 5.41) is 12.0. The third-order valence-corrected chi connectivity index (χ3v) is 5.47. The highest BCUT2D eigenvalue weighted by atomic mass is 19.4. The Hall–Kier alpha value is -1.42. The first-order valence-electron chi connectivity index (χ1n) is 9.20. The molecule has 29 heavy (non-hydrogen) atoms. The van der Waals surface area contributed by atoms with Crippen LogP contribution in [0.1, 0.15) is 43.7 Å². The summed E-state index contributed by atoms with van der Waals surface area (Å²) in [5.74, 6) is -4.71. The number of hydrogen-bond acceptors (Lipinski definition) is 2. The molecule has 0 bridgehead atoms. The van der Waals surface area contributed by atoms with Crippen LogP contribution < -0.4 is 5.32 Å². The maximum absolute atomic E-state index is 13.7. The first-order valence-corrected chi connectivity index (χ1v) is 9.20. The van der Waals surface area contributed by atoms with E-state index >= 15 is 0 Å². The van der Waals surface area contributed by atoms with Crippen LogP contribution >= 0.6 is 0 Å². The maximum atomic E-state index is 13.7. The molecule has 0 spiro atoms. The molecule has 0 saturated heterocycles. The lowest BCUT2D eigenvalue weighted by molar-refractivity contribution is -0.289. The Kier molecular flexibility index (Phi) is 6.89. The molecule has 2 rings (SSSR count). The monoisotopic (exact) mass is 433 g/mol. The van der Waals surface area contributed by atoms with Gasteiger partial charge in [0, 0.05) is 17.6 Å². The number of hydrogen-bond donors (Lipinski definition) is 2. The van der Waals surface area contributed by atoms with Gasteiger partial charge in [-0.3, -0.25) is 0 Å². The van der Waals surface area contributed by atoms with Gasteiger partial charge in [-0.2, -0.15) is 35.1 Å². The molecule has 166 valence electrons. The standard InChI is InChI=1S/C19H23F8NO/c1-12-5-7-16(8-6-12,28-11-15(29)18(22,23)24)10-13-3-2-4-14(9-13)17(20,21)19(25,26)27/h2-4,9,12,15,28-29H,5-8,10-11H2,1H3. The van der Waals surface area contributed by atoms with Crippen molar-refractivity contribution < 1.29 is 40.2 Å². The minimum atomic E-state index is -5.75. The molecule has 2 nitrogen and oxygen atoms in total. The highest BCUT2D eigenvalue weighted by Crippen LogP contribution is 2.44. The predicted molar refractivity (Wildman–Crippen MR) is 90.5 cm³/mol. The molecule has 1 aromatic rings. The van der Waals surface area contributed by atoms with Crippen LogP contribution in [0.2, 0.25) is 0 Å². The fourth-order valence-electron chi connectivity index (χ4n) is 3.59. The number of nitrogens with one attached hydrogen (secondary N) is 1. The van der Waals surface area contributed by atoms with Gasteiger partial charge in [-0.25, -0.2) is 0 Å². The van der Waals surface area contributed by atoms with Crippen LogP contribution in [0.5, 0.6) is 0 Å². The second-order valence-electron chi connectivity index (χ2n) is 7.85. The Labute approximate surface area is 163 Å². The van der Waals surface area contributed by atoms with Crippen molar-refractivity contribution in [1.29, 1.82) is 0 Å². The molecule has 1 aliphatic carbocycles. The van der Waals surface area contributed by atoms with Gasteiger partial charge in [0.15, 0.2) is 6.10 Å². The molecule has 0 amide bonds. The quantitative estimate of drug-likeness (QED) is 0.594. The zero-order valence-corrected chi connectivity index (χ0v) is 15.7. The average Bonchev–Trinajstić information content (AvgIpc) is 2.60. The van der Waals surface area contributed by atoms with Crippen LogP contribution in [0, 0.1) is 5.92 Å². The molecule has 0 heterocycles. The Morgan fingerprint density at radius 3 is 2.17 bits per heavy atom. The number of rotatable bonds is 6. The largest absolute Gasteiger partial charge is 0.458 e. The van der Waals surface area contributed by atoms with E-state index in [-0.39, 0.29) is 12.0 Å². The molecule has 1 saturated carbocycles. The summed E-state index contributed by atoms with van der Waals surface area (Å²) in [6, 6.07) is 3.87. The van der Waals surface area contributed by atoms with Gasteiger partial charge < -0.3 is 10.4 Å². The molecule has 2 N–H and O–H groups in total. The van der Waals surface area contributed by atoms with E-state index in [2.05, 4.69) is 5.32 Å². The van der Waals surface area contributed by atoms with Gasteiger partial charge >= 0.3 is 18.3 Å². The van der Waals surface area contributed by atoms with Crippen LogP contribution in [0.4, 0.5) is 35.1 Å². The molecule has 1 aliphatic rings. The molecule has 1 aromatic carbocycles. The van der Waals surface area contributed by atoms with E-state index in [9.17, 15) is 40.2 Å². The minimum absolute atomic E-state index is 0.0218. The molecule has 0 radical (unpaired) electrons. The third-order valence-electron chi connectivity index (χ3n) is 5.47. The summed E-state index contributed by atoms with van der Waals surface area (Å²) in [5.41, 5.74) is -1.97. The Balaban J connectivity index is 2.25. The van der Waals surface area contributed by atoms with E-state index in [0.29, 0.717) is 37.7 Å². The smallest absolute Gasteiger partial charge is 0.382 e. The number of halogens is 8. The topological polar surface area (TPSA) is 32.3 Å². The molecule has 0 aliphatic heterocycles. The normalized spacial score (nSPS) is 25.1. The van der Waals surface area contributed by atoms with Crippen molar-refractivity contribution in [3.63, 3.8) is 0 Å². The van der Waals surface area contributed by atoms with Crippen LogP contribution in [0.3, 0.4) is 0 Å². The predicted octanol–water partition coefficient (Wildman–Crippen LogP) is 5.34. The van der Waals surface area contributed by atoms with Crippen LogP contribution in [0.15, 0.2) is 24.3 Å². The molecule has 1 fully saturated rings. The van der Waals surface area contributed by atoms with Crippen molar-refractivity contribution in [1.82, 2.24) is 5.32 Å². The lowest BCUT2D eigenvalue weighted by Crippen LogP contribution is -2.53. The number of alkyl halides is 8. The molecule has 10 heteroatoms. The average molecular weight is 433 g/mol. The number of benzene rings is 1. The van der Waals surface area contributed by atoms with Gasteiger partial charge in [0.05, 0.1) is 0 Å². The third kappa shape index (κ3) is 5.81. The molecule has 0 aromatic heterocycles. The number of aliphatic hydroxyl groups excluding tert-OH is 1. The Morgan fingerprint density at radius 2 is 1.66 bits per heavy atom. The summed E-state index contributed by atoms with van der Waals surface area (Å²) in [6.07, 6.45) is -11.0. The van der Waals surface area contributed by atoms with Crippen molar-refractivity contribution in [2.75, 3.05) is 6.54 Å². The first kappa shape index (κ1) is 23.9. The van der Waals surface area contributed by atoms with Crippen molar-refractivity contribution in [3.8, 4) is 0 Å². The second-order valence-corrected chi connectivity index (χ2v) is 7.85. The summed E-state index contributed by atoms with van der Waals surface area (Å²) < 4.78 is 103. The van der Waals surface area contributed by atoms with E-state index in [4.69, 9.17) is 0 Å². The molecule has 1 atom stereocenters. The summed E-state index contributed by atoms with van der Waals surface area (Å²) in [7, 11) is 0. The summed E-state index contributed by atoms with van der Waals surface area (Å²) in [4.78, 5) is 0. The van der Waals surface area contributed by atoms with Crippen molar-refractivity contribution in [2.45, 2.75) is 68.9 Å². The van der Waals surface area contributed by atoms with Gasteiger partial charge in [0.25, 0.3) is 0 Å². The van der Waals surface area contributed by atoms with Crippen LogP contribution in [-0.4, -0.2) is 35.6 Å². The first-order chi connectivity index (χ1) is 13.2. The minimum Gasteiger partial charge on any atom is -0.382 e. The van der Waals surface area contributed by atoms with E-state index in [1.54, 1.807) is 0 Å². The fraction of sp³-hybridized carbons (Fsp3) is 0.684. The molecule has 1 unspecified atom stereocenters. The number of β-amino-alcohol motifs (C(OH)–C–C–N with tert-alkyl or cyclic N) is 1. The lowest BCUT2D eigenvalue weighted by atomic mass is 9.73. The Morgan fingerprint density at radius 1 is 1.07 bits per heavy atom. The van der Waals surface area contributed by atoms with E-state index < -0.39 is 42.0 Å². The zero-order chi connectivity index (χ0) is 22.1. The van der Waals surface area contributed by atoms with Crippen LogP contribution in [0.25, 0.3) is 0 Å². The van der Waals surface area contributed by atoms with E-state index in [1.165, 1.54) is 6.07 Å². The Bertz CT molecular complexity index is 678. The zero-order valence-electron chi connectivity index (χ0n) is 15.7.